The maximum absolute atomic E-state index is 5.90. The highest BCUT2D eigenvalue weighted by Crippen LogP contribution is 2.24. The molecule has 0 N–H and O–H groups in total. The Morgan fingerprint density at radius 2 is 1.46 bits per heavy atom. The summed E-state index contributed by atoms with van der Waals surface area (Å²) in [4.78, 5) is 0. The Labute approximate surface area is 223 Å². The summed E-state index contributed by atoms with van der Waals surface area (Å²) in [6.07, 6.45) is 19.0. The molecule has 0 amide bonds. The van der Waals surface area contributed by atoms with Gasteiger partial charge < -0.3 is 14.2 Å². The molecule has 0 saturated heterocycles. The molecule has 0 saturated carbocycles. The molecule has 37 heavy (non-hydrogen) atoms. The number of hydrogen-bond acceptors (Lipinski definition) is 3. The van der Waals surface area contributed by atoms with Crippen molar-refractivity contribution in [2.75, 3.05) is 26.4 Å². The quantitative estimate of drug-likeness (QED) is 0.246. The van der Waals surface area contributed by atoms with Crippen LogP contribution in [0.15, 0.2) is 95.8 Å². The number of hydrogen-bond donors (Lipinski definition) is 0. The third-order valence-corrected chi connectivity index (χ3v) is 7.17. The minimum atomic E-state index is 0.549. The summed E-state index contributed by atoms with van der Waals surface area (Å²) in [6.45, 7) is 6.57. The first-order valence-electron chi connectivity index (χ1n) is 13.9. The van der Waals surface area contributed by atoms with Crippen molar-refractivity contribution < 1.29 is 14.2 Å². The van der Waals surface area contributed by atoms with Gasteiger partial charge in [0.15, 0.2) is 0 Å². The van der Waals surface area contributed by atoms with E-state index in [1.807, 2.05) is 0 Å². The lowest BCUT2D eigenvalue weighted by atomic mass is 9.91. The molecule has 3 heteroatoms. The van der Waals surface area contributed by atoms with Gasteiger partial charge in [-0.25, -0.2) is 0 Å². The van der Waals surface area contributed by atoms with Crippen molar-refractivity contribution in [3.05, 3.63) is 113 Å². The van der Waals surface area contributed by atoms with Gasteiger partial charge in [-0.1, -0.05) is 77.4 Å². The van der Waals surface area contributed by atoms with Crippen molar-refractivity contribution >= 4 is 0 Å². The lowest BCUT2D eigenvalue weighted by molar-refractivity contribution is 0.0565. The first-order chi connectivity index (χ1) is 18.1. The maximum Gasteiger partial charge on any atom is 0.119 e. The van der Waals surface area contributed by atoms with Crippen molar-refractivity contribution in [1.29, 1.82) is 0 Å². The van der Waals surface area contributed by atoms with Crippen LogP contribution in [0, 0.1) is 12.8 Å². The fourth-order valence-electron chi connectivity index (χ4n) is 4.69. The summed E-state index contributed by atoms with van der Waals surface area (Å²) in [5.41, 5.74) is 6.98. The third-order valence-electron chi connectivity index (χ3n) is 7.17. The summed E-state index contributed by atoms with van der Waals surface area (Å²) in [7, 11) is 0. The molecule has 0 spiro atoms. The second kappa shape index (κ2) is 14.6. The molecule has 0 radical (unpaired) electrons. The summed E-state index contributed by atoms with van der Waals surface area (Å²) in [5, 5.41) is 0. The zero-order valence-electron chi connectivity index (χ0n) is 22.6. The number of aryl methyl sites for hydroxylation is 3. The topological polar surface area (TPSA) is 27.7 Å². The van der Waals surface area contributed by atoms with E-state index in [1.54, 1.807) is 0 Å². The van der Waals surface area contributed by atoms with Crippen molar-refractivity contribution in [2.45, 2.75) is 58.8 Å². The van der Waals surface area contributed by atoms with Crippen LogP contribution >= 0.6 is 0 Å². The second-order valence-corrected chi connectivity index (χ2v) is 10.2. The summed E-state index contributed by atoms with van der Waals surface area (Å²) < 4.78 is 17.4. The molecule has 3 nitrogen and oxygen atoms in total. The van der Waals surface area contributed by atoms with Crippen LogP contribution in [0.5, 0.6) is 5.75 Å². The van der Waals surface area contributed by atoms with Crippen molar-refractivity contribution in [2.24, 2.45) is 5.92 Å². The molecular weight excluding hydrogens is 456 g/mol. The van der Waals surface area contributed by atoms with Crippen LogP contribution in [0.2, 0.25) is 0 Å². The normalized spacial score (nSPS) is 17.1. The smallest absolute Gasteiger partial charge is 0.119 e. The van der Waals surface area contributed by atoms with Gasteiger partial charge in [0.05, 0.1) is 19.0 Å². The van der Waals surface area contributed by atoms with Crippen molar-refractivity contribution in [3.8, 4) is 5.75 Å². The van der Waals surface area contributed by atoms with Crippen LogP contribution in [0.1, 0.15) is 55.7 Å². The fraction of sp³-hybridized carbons (Fsp3) is 0.412. The zero-order chi connectivity index (χ0) is 25.7. The SMILES string of the molecule is CC1=CCC(CCc2ccc(OCCOCCOC3=CC=C(CCc4ccc(C)cc4)CC3)cc2)C=C1. The fourth-order valence-corrected chi connectivity index (χ4v) is 4.69. The Morgan fingerprint density at radius 3 is 2.16 bits per heavy atom. The third kappa shape index (κ3) is 9.74. The lowest BCUT2D eigenvalue weighted by Gasteiger charge is -2.16. The molecule has 2 aromatic carbocycles. The van der Waals surface area contributed by atoms with E-state index in [4.69, 9.17) is 14.2 Å². The lowest BCUT2D eigenvalue weighted by Crippen LogP contribution is -2.11. The van der Waals surface area contributed by atoms with E-state index in [0.717, 1.165) is 43.6 Å². The first kappa shape index (κ1) is 27.0. The van der Waals surface area contributed by atoms with Gasteiger partial charge in [-0.3, -0.25) is 0 Å². The van der Waals surface area contributed by atoms with Crippen molar-refractivity contribution in [1.82, 2.24) is 0 Å². The van der Waals surface area contributed by atoms with E-state index in [1.165, 1.54) is 40.7 Å². The van der Waals surface area contributed by atoms with Crippen LogP contribution in [0.4, 0.5) is 0 Å². The van der Waals surface area contributed by atoms with E-state index in [9.17, 15) is 0 Å². The highest BCUT2D eigenvalue weighted by Gasteiger charge is 2.09. The predicted octanol–water partition coefficient (Wildman–Crippen LogP) is 8.10. The molecule has 0 aliphatic heterocycles. The molecule has 0 bridgehead atoms. The predicted molar refractivity (Wildman–Crippen MR) is 153 cm³/mol. The van der Waals surface area contributed by atoms with Gasteiger partial charge in [0.1, 0.15) is 19.0 Å². The number of rotatable bonds is 14. The molecule has 4 rings (SSSR count). The van der Waals surface area contributed by atoms with Gasteiger partial charge >= 0.3 is 0 Å². The van der Waals surface area contributed by atoms with E-state index >= 15 is 0 Å². The average molecular weight is 499 g/mol. The molecule has 0 fully saturated rings. The van der Waals surface area contributed by atoms with Crippen LogP contribution < -0.4 is 4.74 Å². The Morgan fingerprint density at radius 1 is 0.730 bits per heavy atom. The summed E-state index contributed by atoms with van der Waals surface area (Å²) in [5.74, 6) is 2.63. The Bertz CT molecular complexity index is 1090. The summed E-state index contributed by atoms with van der Waals surface area (Å²) >= 11 is 0. The second-order valence-electron chi connectivity index (χ2n) is 10.2. The highest BCUT2D eigenvalue weighted by atomic mass is 16.5. The molecule has 2 aliphatic carbocycles. The first-order valence-corrected chi connectivity index (χ1v) is 13.9. The van der Waals surface area contributed by atoms with Crippen LogP contribution in [0.3, 0.4) is 0 Å². The van der Waals surface area contributed by atoms with Crippen LogP contribution in [-0.2, 0) is 22.3 Å². The number of ether oxygens (including phenoxy) is 3. The Hall–Kier alpha value is -3.04. The molecule has 2 aromatic rings. The Balaban J connectivity index is 1.03. The molecule has 2 aliphatic rings. The highest BCUT2D eigenvalue weighted by molar-refractivity contribution is 5.28. The molecule has 0 heterocycles. The monoisotopic (exact) mass is 498 g/mol. The van der Waals surface area contributed by atoms with Gasteiger partial charge in [-0.15, -0.1) is 0 Å². The Kier molecular flexibility index (Phi) is 10.7. The molecule has 0 aromatic heterocycles. The van der Waals surface area contributed by atoms with E-state index < -0.39 is 0 Å². The average Bonchev–Trinajstić information content (AvgIpc) is 2.93. The van der Waals surface area contributed by atoms with E-state index in [0.29, 0.717) is 32.3 Å². The molecule has 1 atom stereocenters. The van der Waals surface area contributed by atoms with Crippen LogP contribution in [-0.4, -0.2) is 26.4 Å². The maximum atomic E-state index is 5.90. The van der Waals surface area contributed by atoms with Gasteiger partial charge in [-0.05, 0) is 87.6 Å². The number of allylic oxidation sites excluding steroid dienone is 8. The van der Waals surface area contributed by atoms with Gasteiger partial charge in [0, 0.05) is 6.42 Å². The van der Waals surface area contributed by atoms with Crippen LogP contribution in [0.25, 0.3) is 0 Å². The number of benzene rings is 2. The van der Waals surface area contributed by atoms with E-state index in [-0.39, 0.29) is 0 Å². The minimum absolute atomic E-state index is 0.549. The minimum Gasteiger partial charge on any atom is -0.496 e. The van der Waals surface area contributed by atoms with Gasteiger partial charge in [0.2, 0.25) is 0 Å². The summed E-state index contributed by atoms with van der Waals surface area (Å²) in [6, 6.07) is 17.3. The largest absolute Gasteiger partial charge is 0.496 e. The standard InChI is InChI=1S/C34H42O3/c1-27-3-7-29(8-4-27)11-13-31-15-19-33(20-16-31)36-25-23-35-24-26-37-34-21-17-32(18-22-34)14-12-30-9-5-28(2)6-10-30/h3-9,15,17-19,21-22,30H,10-14,16,20,23-26H2,1-2H3. The van der Waals surface area contributed by atoms with Crippen molar-refractivity contribution in [3.63, 3.8) is 0 Å². The van der Waals surface area contributed by atoms with E-state index in [2.05, 4.69) is 92.8 Å². The molecule has 196 valence electrons. The molecule has 1 unspecified atom stereocenters. The molecular formula is C34H42O3. The zero-order valence-corrected chi connectivity index (χ0v) is 22.6. The van der Waals surface area contributed by atoms with Gasteiger partial charge in [-0.2, -0.15) is 0 Å². The van der Waals surface area contributed by atoms with Gasteiger partial charge in [0.25, 0.3) is 0 Å².